The van der Waals surface area contributed by atoms with E-state index in [0.29, 0.717) is 5.92 Å². The minimum Gasteiger partial charge on any atom is -0.497 e. The number of likely N-dealkylation sites (tertiary alicyclic amines) is 1. The van der Waals surface area contributed by atoms with Crippen LogP contribution in [0.4, 0.5) is 0 Å². The van der Waals surface area contributed by atoms with Crippen molar-refractivity contribution in [3.63, 3.8) is 0 Å². The van der Waals surface area contributed by atoms with Gasteiger partial charge in [-0.25, -0.2) is 4.79 Å². The van der Waals surface area contributed by atoms with Crippen LogP contribution in [0.3, 0.4) is 0 Å². The zero-order valence-corrected chi connectivity index (χ0v) is 14.1. The molecule has 6 heteroatoms. The molecule has 2 aromatic rings. The molecule has 1 aromatic heterocycles. The average Bonchev–Trinajstić information content (AvgIpc) is 3.04. The molecule has 130 valence electrons. The molecule has 0 spiro atoms. The van der Waals surface area contributed by atoms with E-state index < -0.39 is 0 Å². The smallest absolute Gasteiger partial charge is 0.325 e. The normalized spacial score (nSPS) is 18.5. The molecule has 0 saturated carbocycles. The van der Waals surface area contributed by atoms with Crippen LogP contribution in [0.25, 0.3) is 0 Å². The van der Waals surface area contributed by atoms with E-state index in [4.69, 9.17) is 9.47 Å². The zero-order chi connectivity index (χ0) is 16.8. The van der Waals surface area contributed by atoms with Gasteiger partial charge in [0.1, 0.15) is 11.5 Å². The maximum Gasteiger partial charge on any atom is 0.325 e. The summed E-state index contributed by atoms with van der Waals surface area (Å²) in [5.74, 6) is 2.25. The summed E-state index contributed by atoms with van der Waals surface area (Å²) in [7, 11) is 1.66. The third-order valence-corrected chi connectivity index (χ3v) is 4.53. The van der Waals surface area contributed by atoms with E-state index in [2.05, 4.69) is 9.88 Å². The molecule has 3 rings (SSSR count). The van der Waals surface area contributed by atoms with Crippen molar-refractivity contribution >= 4 is 0 Å². The van der Waals surface area contributed by atoms with Crippen molar-refractivity contribution in [1.82, 2.24) is 14.5 Å². The second kappa shape index (κ2) is 8.06. The average molecular weight is 331 g/mol. The van der Waals surface area contributed by atoms with Crippen LogP contribution in [0.2, 0.25) is 0 Å². The second-order valence-corrected chi connectivity index (χ2v) is 6.25. The van der Waals surface area contributed by atoms with Crippen molar-refractivity contribution in [3.05, 3.63) is 47.1 Å². The summed E-state index contributed by atoms with van der Waals surface area (Å²) in [5.41, 5.74) is -0.0357. The number of aromatic nitrogens is 2. The van der Waals surface area contributed by atoms with E-state index in [9.17, 15) is 4.79 Å². The van der Waals surface area contributed by atoms with Gasteiger partial charge < -0.3 is 19.4 Å². The van der Waals surface area contributed by atoms with Gasteiger partial charge >= 0.3 is 5.69 Å². The van der Waals surface area contributed by atoms with Crippen molar-refractivity contribution in [2.45, 2.75) is 19.4 Å². The first kappa shape index (κ1) is 16.6. The lowest BCUT2D eigenvalue weighted by Crippen LogP contribution is -2.40. The molecule has 0 bridgehead atoms. The SMILES string of the molecule is COc1ccc(OCC2CCCN(CCn3cc[nH]c3=O)C2)cc1. The first-order valence-electron chi connectivity index (χ1n) is 8.47. The lowest BCUT2D eigenvalue weighted by molar-refractivity contribution is 0.127. The van der Waals surface area contributed by atoms with Gasteiger partial charge in [0.15, 0.2) is 0 Å². The monoisotopic (exact) mass is 331 g/mol. The quantitative estimate of drug-likeness (QED) is 0.843. The molecular weight excluding hydrogens is 306 g/mol. The number of H-pyrrole nitrogens is 1. The molecular formula is C18H25N3O3. The highest BCUT2D eigenvalue weighted by molar-refractivity contribution is 5.31. The van der Waals surface area contributed by atoms with E-state index in [1.807, 2.05) is 24.3 Å². The van der Waals surface area contributed by atoms with Crippen LogP contribution in [0.5, 0.6) is 11.5 Å². The van der Waals surface area contributed by atoms with E-state index in [-0.39, 0.29) is 5.69 Å². The maximum absolute atomic E-state index is 11.5. The molecule has 1 aromatic carbocycles. The summed E-state index contributed by atoms with van der Waals surface area (Å²) in [6.07, 6.45) is 5.86. The van der Waals surface area contributed by atoms with Crippen LogP contribution in [-0.4, -0.2) is 47.8 Å². The van der Waals surface area contributed by atoms with Crippen molar-refractivity contribution in [2.75, 3.05) is 33.4 Å². The summed E-state index contributed by atoms with van der Waals surface area (Å²) in [4.78, 5) is 16.6. The van der Waals surface area contributed by atoms with Crippen LogP contribution < -0.4 is 15.2 Å². The molecule has 6 nitrogen and oxygen atoms in total. The number of nitrogens with zero attached hydrogens (tertiary/aromatic N) is 2. The van der Waals surface area contributed by atoms with Gasteiger partial charge in [-0.2, -0.15) is 0 Å². The molecule has 1 N–H and O–H groups in total. The highest BCUT2D eigenvalue weighted by atomic mass is 16.5. The van der Waals surface area contributed by atoms with Gasteiger partial charge in [-0.1, -0.05) is 0 Å². The van der Waals surface area contributed by atoms with Gasteiger partial charge in [0.2, 0.25) is 0 Å². The minimum absolute atomic E-state index is 0.0357. The molecule has 0 aliphatic carbocycles. The summed E-state index contributed by atoms with van der Waals surface area (Å²) in [6.45, 7) is 4.48. The summed E-state index contributed by atoms with van der Waals surface area (Å²) in [6, 6.07) is 7.71. The molecule has 1 unspecified atom stereocenters. The van der Waals surface area contributed by atoms with Gasteiger partial charge in [-0.05, 0) is 43.7 Å². The van der Waals surface area contributed by atoms with Crippen molar-refractivity contribution in [2.24, 2.45) is 5.92 Å². The van der Waals surface area contributed by atoms with Crippen LogP contribution >= 0.6 is 0 Å². The number of hydrogen-bond acceptors (Lipinski definition) is 4. The van der Waals surface area contributed by atoms with Crippen LogP contribution in [0.15, 0.2) is 41.5 Å². The van der Waals surface area contributed by atoms with Crippen molar-refractivity contribution in [3.8, 4) is 11.5 Å². The molecule has 0 radical (unpaired) electrons. The van der Waals surface area contributed by atoms with Gasteiger partial charge in [-0.15, -0.1) is 0 Å². The molecule has 1 fully saturated rings. The Morgan fingerprint density at radius 1 is 1.21 bits per heavy atom. The zero-order valence-electron chi connectivity index (χ0n) is 14.1. The Morgan fingerprint density at radius 2 is 2.00 bits per heavy atom. The first-order chi connectivity index (χ1) is 11.7. The number of hydrogen-bond donors (Lipinski definition) is 1. The largest absolute Gasteiger partial charge is 0.497 e. The van der Waals surface area contributed by atoms with E-state index in [1.165, 1.54) is 12.8 Å². The molecule has 24 heavy (non-hydrogen) atoms. The Hall–Kier alpha value is -2.21. The van der Waals surface area contributed by atoms with Crippen LogP contribution in [0, 0.1) is 5.92 Å². The second-order valence-electron chi connectivity index (χ2n) is 6.25. The Balaban J connectivity index is 1.44. The van der Waals surface area contributed by atoms with Gasteiger partial charge in [0.25, 0.3) is 0 Å². The van der Waals surface area contributed by atoms with Gasteiger partial charge in [0, 0.05) is 37.9 Å². The van der Waals surface area contributed by atoms with Gasteiger partial charge in [0.05, 0.1) is 13.7 Å². The third-order valence-electron chi connectivity index (χ3n) is 4.53. The first-order valence-corrected chi connectivity index (χ1v) is 8.47. The summed E-state index contributed by atoms with van der Waals surface area (Å²) >= 11 is 0. The number of benzene rings is 1. The Kier molecular flexibility index (Phi) is 5.59. The fraction of sp³-hybridized carbons (Fsp3) is 0.500. The molecule has 2 heterocycles. The number of nitrogens with one attached hydrogen (secondary N) is 1. The number of imidazole rings is 1. The Labute approximate surface area is 142 Å². The number of piperidine rings is 1. The lowest BCUT2D eigenvalue weighted by Gasteiger charge is -2.32. The van der Waals surface area contributed by atoms with Crippen molar-refractivity contribution < 1.29 is 9.47 Å². The number of aromatic amines is 1. The number of ether oxygens (including phenoxy) is 2. The maximum atomic E-state index is 11.5. The Bertz CT molecular complexity index is 677. The van der Waals surface area contributed by atoms with E-state index in [0.717, 1.165) is 44.3 Å². The van der Waals surface area contributed by atoms with E-state index >= 15 is 0 Å². The highest BCUT2D eigenvalue weighted by Crippen LogP contribution is 2.21. The van der Waals surface area contributed by atoms with Crippen molar-refractivity contribution in [1.29, 1.82) is 0 Å². The lowest BCUT2D eigenvalue weighted by atomic mass is 9.99. The topological polar surface area (TPSA) is 59.5 Å². The molecule has 1 saturated heterocycles. The summed E-state index contributed by atoms with van der Waals surface area (Å²) in [5, 5.41) is 0. The fourth-order valence-electron chi connectivity index (χ4n) is 3.15. The third kappa shape index (κ3) is 4.41. The minimum atomic E-state index is -0.0357. The molecule has 0 amide bonds. The standard InChI is InChI=1S/C18H25N3O3/c1-23-16-4-6-17(7-5-16)24-14-15-3-2-9-20(13-15)11-12-21-10-8-19-18(21)22/h4-8,10,15H,2-3,9,11-14H2,1H3,(H,19,22). The number of rotatable bonds is 7. The molecule has 1 aliphatic heterocycles. The summed E-state index contributed by atoms with van der Waals surface area (Å²) < 4.78 is 12.8. The Morgan fingerprint density at radius 3 is 2.71 bits per heavy atom. The highest BCUT2D eigenvalue weighted by Gasteiger charge is 2.20. The molecule has 1 atom stereocenters. The fourth-order valence-corrected chi connectivity index (χ4v) is 3.15. The molecule has 1 aliphatic rings. The van der Waals surface area contributed by atoms with Crippen LogP contribution in [0.1, 0.15) is 12.8 Å². The predicted octanol–water partition coefficient (Wildman–Crippen LogP) is 1.98. The van der Waals surface area contributed by atoms with Gasteiger partial charge in [-0.3, -0.25) is 4.57 Å². The van der Waals surface area contributed by atoms with E-state index in [1.54, 1.807) is 24.1 Å². The van der Waals surface area contributed by atoms with Crippen LogP contribution in [-0.2, 0) is 6.54 Å². The number of methoxy groups -OCH3 is 1. The predicted molar refractivity (Wildman–Crippen MR) is 92.7 cm³/mol.